The number of alkyl halides is 7. The lowest BCUT2D eigenvalue weighted by Gasteiger charge is -2.32. The van der Waals surface area contributed by atoms with Crippen LogP contribution in [0, 0.1) is 0 Å². The van der Waals surface area contributed by atoms with Crippen LogP contribution in [-0.2, 0) is 0 Å². The van der Waals surface area contributed by atoms with Crippen LogP contribution in [0.15, 0.2) is 24.3 Å². The number of rotatable bonds is 4. The van der Waals surface area contributed by atoms with Gasteiger partial charge in [-0.05, 0) is 6.07 Å². The highest BCUT2D eigenvalue weighted by atomic mass is 19.4. The summed E-state index contributed by atoms with van der Waals surface area (Å²) < 4.78 is 88.8. The van der Waals surface area contributed by atoms with Crippen LogP contribution in [0.3, 0.4) is 0 Å². The Bertz CT molecular complexity index is 496. The summed E-state index contributed by atoms with van der Waals surface area (Å²) >= 11 is 0. The standard InChI is InChI=1S/C13H14F7NO/c1-21(2)9-6-4-3-5-8(9)10(22)7-11(14,12(15,16)17)13(18,19)20/h3-6,10,22H,7H2,1-2H3. The summed E-state index contributed by atoms with van der Waals surface area (Å²) in [5, 5.41) is 9.75. The van der Waals surface area contributed by atoms with Gasteiger partial charge in [0.05, 0.1) is 6.10 Å². The van der Waals surface area contributed by atoms with Gasteiger partial charge in [-0.1, -0.05) is 18.2 Å². The first-order valence-electron chi connectivity index (χ1n) is 6.08. The molecule has 0 aliphatic rings. The van der Waals surface area contributed by atoms with Crippen LogP contribution in [0.4, 0.5) is 36.4 Å². The Kier molecular flexibility index (Phi) is 5.01. The first-order chi connectivity index (χ1) is 9.81. The normalized spacial score (nSPS) is 14.8. The fraction of sp³-hybridized carbons (Fsp3) is 0.538. The molecule has 22 heavy (non-hydrogen) atoms. The maximum absolute atomic E-state index is 13.7. The van der Waals surface area contributed by atoms with Crippen LogP contribution in [0.25, 0.3) is 0 Å². The van der Waals surface area contributed by atoms with Crippen molar-refractivity contribution in [3.05, 3.63) is 29.8 Å². The van der Waals surface area contributed by atoms with Gasteiger partial charge in [0, 0.05) is 31.8 Å². The molecule has 126 valence electrons. The van der Waals surface area contributed by atoms with Crippen molar-refractivity contribution >= 4 is 5.69 Å². The summed E-state index contributed by atoms with van der Waals surface area (Å²) in [6.07, 6.45) is -16.8. The van der Waals surface area contributed by atoms with E-state index in [1.165, 1.54) is 37.2 Å². The fourth-order valence-corrected chi connectivity index (χ4v) is 1.95. The summed E-state index contributed by atoms with van der Waals surface area (Å²) in [5.74, 6) is 0. The zero-order valence-electron chi connectivity index (χ0n) is 11.6. The van der Waals surface area contributed by atoms with Gasteiger partial charge < -0.3 is 10.0 Å². The van der Waals surface area contributed by atoms with E-state index in [-0.39, 0.29) is 11.3 Å². The lowest BCUT2D eigenvalue weighted by molar-refractivity contribution is -0.347. The predicted molar refractivity (Wildman–Crippen MR) is 66.3 cm³/mol. The summed E-state index contributed by atoms with van der Waals surface area (Å²) in [6.45, 7) is 0. The number of benzene rings is 1. The molecule has 2 nitrogen and oxygen atoms in total. The molecular weight excluding hydrogens is 319 g/mol. The average molecular weight is 333 g/mol. The van der Waals surface area contributed by atoms with E-state index in [9.17, 15) is 35.8 Å². The molecule has 1 rings (SSSR count). The minimum Gasteiger partial charge on any atom is -0.388 e. The molecule has 0 heterocycles. The third-order valence-corrected chi connectivity index (χ3v) is 3.15. The molecule has 0 aliphatic carbocycles. The Labute approximate surface area is 122 Å². The maximum Gasteiger partial charge on any atom is 0.431 e. The van der Waals surface area contributed by atoms with Crippen molar-refractivity contribution in [2.45, 2.75) is 30.5 Å². The minimum absolute atomic E-state index is 0.196. The molecule has 0 saturated carbocycles. The minimum atomic E-state index is -6.18. The van der Waals surface area contributed by atoms with E-state index in [2.05, 4.69) is 0 Å². The van der Waals surface area contributed by atoms with Crippen molar-refractivity contribution in [1.82, 2.24) is 0 Å². The number of hydrogen-bond donors (Lipinski definition) is 1. The van der Waals surface area contributed by atoms with Gasteiger partial charge >= 0.3 is 18.0 Å². The van der Waals surface area contributed by atoms with E-state index in [0.717, 1.165) is 6.07 Å². The monoisotopic (exact) mass is 333 g/mol. The second-order valence-electron chi connectivity index (χ2n) is 4.97. The van der Waals surface area contributed by atoms with Gasteiger partial charge in [0.15, 0.2) is 0 Å². The van der Waals surface area contributed by atoms with Crippen molar-refractivity contribution in [3.8, 4) is 0 Å². The molecule has 0 bridgehead atoms. The van der Waals surface area contributed by atoms with Crippen LogP contribution in [-0.4, -0.2) is 37.2 Å². The molecule has 1 N–H and O–H groups in total. The lowest BCUT2D eigenvalue weighted by atomic mass is 9.92. The van der Waals surface area contributed by atoms with Crippen LogP contribution in [0.1, 0.15) is 18.1 Å². The van der Waals surface area contributed by atoms with E-state index in [0.29, 0.717) is 0 Å². The van der Waals surface area contributed by atoms with Gasteiger partial charge in [-0.25, -0.2) is 4.39 Å². The molecule has 0 aromatic heterocycles. The van der Waals surface area contributed by atoms with E-state index in [4.69, 9.17) is 0 Å². The van der Waals surface area contributed by atoms with Crippen molar-refractivity contribution in [2.24, 2.45) is 0 Å². The van der Waals surface area contributed by atoms with Gasteiger partial charge in [0.1, 0.15) is 0 Å². The summed E-state index contributed by atoms with van der Waals surface area (Å²) in [6, 6.07) is 5.35. The predicted octanol–water partition coefficient (Wildman–Crippen LogP) is 4.01. The van der Waals surface area contributed by atoms with Gasteiger partial charge in [-0.2, -0.15) is 26.3 Å². The third-order valence-electron chi connectivity index (χ3n) is 3.15. The molecule has 0 saturated heterocycles. The maximum atomic E-state index is 13.7. The van der Waals surface area contributed by atoms with Crippen LogP contribution >= 0.6 is 0 Å². The van der Waals surface area contributed by atoms with E-state index in [1.54, 1.807) is 0 Å². The Morgan fingerprint density at radius 1 is 0.955 bits per heavy atom. The van der Waals surface area contributed by atoms with Gasteiger partial charge in [-0.15, -0.1) is 0 Å². The number of nitrogens with zero attached hydrogens (tertiary/aromatic N) is 1. The Balaban J connectivity index is 3.22. The highest BCUT2D eigenvalue weighted by Crippen LogP contribution is 2.51. The second-order valence-corrected chi connectivity index (χ2v) is 4.97. The molecule has 0 fully saturated rings. The Morgan fingerprint density at radius 2 is 1.41 bits per heavy atom. The summed E-state index contributed by atoms with van der Waals surface area (Å²) in [4.78, 5) is 1.39. The number of anilines is 1. The smallest absolute Gasteiger partial charge is 0.388 e. The Morgan fingerprint density at radius 3 is 1.82 bits per heavy atom. The number of hydrogen-bond acceptors (Lipinski definition) is 2. The molecule has 9 heteroatoms. The summed E-state index contributed by atoms with van der Waals surface area (Å²) in [5.41, 5.74) is -5.51. The first-order valence-corrected chi connectivity index (χ1v) is 6.08. The fourth-order valence-electron chi connectivity index (χ4n) is 1.95. The van der Waals surface area contributed by atoms with Crippen LogP contribution in [0.2, 0.25) is 0 Å². The number of para-hydroxylation sites is 1. The van der Waals surface area contributed by atoms with Crippen LogP contribution in [0.5, 0.6) is 0 Å². The van der Waals surface area contributed by atoms with Gasteiger partial charge in [0.2, 0.25) is 0 Å². The van der Waals surface area contributed by atoms with Crippen LogP contribution < -0.4 is 4.90 Å². The SMILES string of the molecule is CN(C)c1ccccc1C(O)CC(F)(C(F)(F)F)C(F)(F)F. The molecule has 1 aromatic rings. The molecule has 1 unspecified atom stereocenters. The third kappa shape index (κ3) is 3.45. The second kappa shape index (κ2) is 5.94. The van der Waals surface area contributed by atoms with Crippen molar-refractivity contribution in [2.75, 3.05) is 19.0 Å². The quantitative estimate of drug-likeness (QED) is 0.842. The van der Waals surface area contributed by atoms with Gasteiger partial charge in [-0.3, -0.25) is 0 Å². The van der Waals surface area contributed by atoms with E-state index in [1.807, 2.05) is 0 Å². The highest BCUT2D eigenvalue weighted by Gasteiger charge is 2.72. The molecule has 0 aliphatic heterocycles. The van der Waals surface area contributed by atoms with Crippen molar-refractivity contribution in [3.63, 3.8) is 0 Å². The molecule has 1 aromatic carbocycles. The zero-order chi connectivity index (χ0) is 17.3. The molecular formula is C13H14F7NO. The lowest BCUT2D eigenvalue weighted by Crippen LogP contribution is -2.54. The molecule has 0 radical (unpaired) electrons. The first kappa shape index (κ1) is 18.5. The Hall–Kier alpha value is -1.51. The number of halogens is 7. The highest BCUT2D eigenvalue weighted by molar-refractivity contribution is 5.53. The van der Waals surface area contributed by atoms with Crippen molar-refractivity contribution in [1.29, 1.82) is 0 Å². The molecule has 0 amide bonds. The van der Waals surface area contributed by atoms with E-state index < -0.39 is 30.5 Å². The molecule has 1 atom stereocenters. The molecule has 0 spiro atoms. The van der Waals surface area contributed by atoms with Gasteiger partial charge in [0.25, 0.3) is 0 Å². The largest absolute Gasteiger partial charge is 0.431 e. The zero-order valence-corrected chi connectivity index (χ0v) is 11.6. The number of aliphatic hydroxyl groups excluding tert-OH is 1. The summed E-state index contributed by atoms with van der Waals surface area (Å²) in [7, 11) is 2.98. The van der Waals surface area contributed by atoms with E-state index >= 15 is 0 Å². The number of aliphatic hydroxyl groups is 1. The average Bonchev–Trinajstić information content (AvgIpc) is 2.35. The van der Waals surface area contributed by atoms with Crippen molar-refractivity contribution < 1.29 is 35.8 Å². The topological polar surface area (TPSA) is 23.5 Å².